The van der Waals surface area contributed by atoms with E-state index in [0.717, 1.165) is 0 Å². The van der Waals surface area contributed by atoms with E-state index in [1.54, 1.807) is 0 Å². The molecule has 0 radical (unpaired) electrons. The maximum absolute atomic E-state index is 12.2. The van der Waals surface area contributed by atoms with Gasteiger partial charge in [0.1, 0.15) is 18.3 Å². The molecule has 0 aliphatic carbocycles. The molecule has 0 saturated carbocycles. The number of hydrogen-bond donors (Lipinski definition) is 1. The summed E-state index contributed by atoms with van der Waals surface area (Å²) in [5, 5.41) is 2.84. The number of carbonyl (C=O) groups excluding carboxylic acids is 1. The number of nitrogens with one attached hydrogen (secondary N) is 1. The van der Waals surface area contributed by atoms with Gasteiger partial charge in [0, 0.05) is 33.0 Å². The molecule has 20 heavy (non-hydrogen) atoms. The first-order chi connectivity index (χ1) is 9.69. The normalized spacial score (nSPS) is 30.9. The summed E-state index contributed by atoms with van der Waals surface area (Å²) >= 11 is 0. The number of hydrogen-bond acceptors (Lipinski definition) is 5. The lowest BCUT2D eigenvalue weighted by Gasteiger charge is -2.32. The Hall–Kier alpha value is -0.690. The van der Waals surface area contributed by atoms with Gasteiger partial charge in [-0.1, -0.05) is 0 Å². The molecule has 1 rings (SSSR count). The van der Waals surface area contributed by atoms with Crippen LogP contribution in [0.2, 0.25) is 0 Å². The average molecular weight is 289 g/mol. The molecular formula is C14H27NO5. The Morgan fingerprint density at radius 2 is 1.45 bits per heavy atom. The molecule has 0 aromatic heterocycles. The van der Waals surface area contributed by atoms with E-state index in [0.29, 0.717) is 33.0 Å². The molecule has 6 nitrogen and oxygen atoms in total. The van der Waals surface area contributed by atoms with Crippen LogP contribution in [0.4, 0.5) is 0 Å². The molecule has 0 aromatic rings. The smallest absolute Gasteiger partial charge is 0.252 e. The van der Waals surface area contributed by atoms with Gasteiger partial charge in [0.15, 0.2) is 6.10 Å². The standard InChI is InChI=1S/C14H27NO5/c1-5-17-10-9-15-14(16)13(20-8-4)12(19-7-3)11(10)18-6-2/h10-13H,5-9H2,1-4H3,(H,15,16)/t10-,11-,12+,13-/m1/s1. The third-order valence-electron chi connectivity index (χ3n) is 3.17. The first-order valence-corrected chi connectivity index (χ1v) is 7.43. The Bertz CT molecular complexity index is 287. The fraction of sp³-hybridized carbons (Fsp3) is 0.929. The minimum atomic E-state index is -0.665. The van der Waals surface area contributed by atoms with Crippen molar-refractivity contribution in [3.8, 4) is 0 Å². The Balaban J connectivity index is 2.98. The highest BCUT2D eigenvalue weighted by atomic mass is 16.6. The van der Waals surface area contributed by atoms with Crippen molar-refractivity contribution in [2.75, 3.05) is 33.0 Å². The first-order valence-electron chi connectivity index (χ1n) is 7.43. The molecule has 4 atom stereocenters. The van der Waals surface area contributed by atoms with Crippen molar-refractivity contribution >= 4 is 5.91 Å². The molecule has 1 amide bonds. The van der Waals surface area contributed by atoms with E-state index in [1.807, 2.05) is 27.7 Å². The van der Waals surface area contributed by atoms with Gasteiger partial charge in [0.2, 0.25) is 0 Å². The average Bonchev–Trinajstić information content (AvgIpc) is 2.54. The summed E-state index contributed by atoms with van der Waals surface area (Å²) in [6, 6.07) is 0. The topological polar surface area (TPSA) is 66.0 Å². The van der Waals surface area contributed by atoms with Crippen LogP contribution in [0.5, 0.6) is 0 Å². The highest BCUT2D eigenvalue weighted by Gasteiger charge is 2.43. The molecule has 6 heteroatoms. The molecule has 1 heterocycles. The SMILES string of the molecule is CCO[C@H]1[C@H](OCC)[C@@H](OCC)C(=O)NC[C@H]1OCC. The molecule has 0 unspecified atom stereocenters. The fourth-order valence-electron chi connectivity index (χ4n) is 2.44. The van der Waals surface area contributed by atoms with Crippen LogP contribution in [-0.2, 0) is 23.7 Å². The van der Waals surface area contributed by atoms with E-state index >= 15 is 0 Å². The minimum Gasteiger partial charge on any atom is -0.374 e. The molecule has 1 aliphatic rings. The van der Waals surface area contributed by atoms with Gasteiger partial charge in [0.05, 0.1) is 0 Å². The van der Waals surface area contributed by atoms with Gasteiger partial charge in [-0.3, -0.25) is 4.79 Å². The summed E-state index contributed by atoms with van der Waals surface area (Å²) in [7, 11) is 0. The Labute approximate surface area is 121 Å². The molecule has 1 aliphatic heterocycles. The van der Waals surface area contributed by atoms with Crippen LogP contribution < -0.4 is 5.32 Å². The maximum Gasteiger partial charge on any atom is 0.252 e. The molecular weight excluding hydrogens is 262 g/mol. The lowest BCUT2D eigenvalue weighted by atomic mass is 10.0. The zero-order valence-corrected chi connectivity index (χ0v) is 12.9. The summed E-state index contributed by atoms with van der Waals surface area (Å²) in [5.41, 5.74) is 0. The molecule has 0 spiro atoms. The summed E-state index contributed by atoms with van der Waals surface area (Å²) in [6.07, 6.45) is -1.68. The van der Waals surface area contributed by atoms with Gasteiger partial charge in [-0.15, -0.1) is 0 Å². The highest BCUT2D eigenvalue weighted by Crippen LogP contribution is 2.21. The minimum absolute atomic E-state index is 0.169. The van der Waals surface area contributed by atoms with Gasteiger partial charge in [-0.05, 0) is 27.7 Å². The Kier molecular flexibility index (Phi) is 8.06. The molecule has 1 N–H and O–H groups in total. The molecule has 0 aromatic carbocycles. The van der Waals surface area contributed by atoms with Crippen LogP contribution in [0.25, 0.3) is 0 Å². The predicted molar refractivity (Wildman–Crippen MR) is 74.7 cm³/mol. The van der Waals surface area contributed by atoms with Crippen molar-refractivity contribution in [1.29, 1.82) is 0 Å². The summed E-state index contributed by atoms with van der Waals surface area (Å²) in [4.78, 5) is 12.2. The van der Waals surface area contributed by atoms with Crippen LogP contribution >= 0.6 is 0 Å². The van der Waals surface area contributed by atoms with Gasteiger partial charge in [0.25, 0.3) is 5.91 Å². The van der Waals surface area contributed by atoms with Crippen molar-refractivity contribution in [2.45, 2.75) is 52.1 Å². The highest BCUT2D eigenvalue weighted by molar-refractivity contribution is 5.82. The second-order valence-corrected chi connectivity index (χ2v) is 4.45. The van der Waals surface area contributed by atoms with Crippen molar-refractivity contribution < 1.29 is 23.7 Å². The second-order valence-electron chi connectivity index (χ2n) is 4.45. The van der Waals surface area contributed by atoms with Crippen LogP contribution in [0.15, 0.2) is 0 Å². The Morgan fingerprint density at radius 3 is 2.00 bits per heavy atom. The third-order valence-corrected chi connectivity index (χ3v) is 3.17. The van der Waals surface area contributed by atoms with Crippen molar-refractivity contribution in [1.82, 2.24) is 5.32 Å². The first kappa shape index (κ1) is 17.4. The molecule has 1 fully saturated rings. The van der Waals surface area contributed by atoms with E-state index in [2.05, 4.69) is 5.32 Å². The number of carbonyl (C=O) groups is 1. The summed E-state index contributed by atoms with van der Waals surface area (Å²) < 4.78 is 22.8. The van der Waals surface area contributed by atoms with Gasteiger partial charge < -0.3 is 24.3 Å². The van der Waals surface area contributed by atoms with Crippen molar-refractivity contribution in [3.63, 3.8) is 0 Å². The Morgan fingerprint density at radius 1 is 0.900 bits per heavy atom. The third kappa shape index (κ3) is 4.41. The lowest BCUT2D eigenvalue weighted by molar-refractivity contribution is -0.170. The van der Waals surface area contributed by atoms with Crippen LogP contribution in [-0.4, -0.2) is 63.3 Å². The zero-order valence-electron chi connectivity index (χ0n) is 12.9. The van der Waals surface area contributed by atoms with Crippen LogP contribution in [0.3, 0.4) is 0 Å². The number of ether oxygens (including phenoxy) is 4. The van der Waals surface area contributed by atoms with E-state index in [4.69, 9.17) is 18.9 Å². The predicted octanol–water partition coefficient (Wildman–Crippen LogP) is 0.737. The maximum atomic E-state index is 12.2. The van der Waals surface area contributed by atoms with E-state index < -0.39 is 12.2 Å². The molecule has 0 bridgehead atoms. The van der Waals surface area contributed by atoms with Gasteiger partial charge in [-0.25, -0.2) is 0 Å². The molecule has 118 valence electrons. The van der Waals surface area contributed by atoms with E-state index in [9.17, 15) is 4.79 Å². The number of rotatable bonds is 8. The summed E-state index contributed by atoms with van der Waals surface area (Å²) in [5.74, 6) is -0.169. The van der Waals surface area contributed by atoms with E-state index in [-0.39, 0.29) is 18.1 Å². The quantitative estimate of drug-likeness (QED) is 0.714. The van der Waals surface area contributed by atoms with Gasteiger partial charge in [-0.2, -0.15) is 0 Å². The monoisotopic (exact) mass is 289 g/mol. The van der Waals surface area contributed by atoms with Gasteiger partial charge >= 0.3 is 0 Å². The van der Waals surface area contributed by atoms with Crippen molar-refractivity contribution in [3.05, 3.63) is 0 Å². The van der Waals surface area contributed by atoms with E-state index in [1.165, 1.54) is 0 Å². The second kappa shape index (κ2) is 9.28. The number of amides is 1. The largest absolute Gasteiger partial charge is 0.374 e. The fourth-order valence-corrected chi connectivity index (χ4v) is 2.44. The van der Waals surface area contributed by atoms with Crippen molar-refractivity contribution in [2.24, 2.45) is 0 Å². The van der Waals surface area contributed by atoms with Crippen LogP contribution in [0, 0.1) is 0 Å². The van der Waals surface area contributed by atoms with Crippen LogP contribution in [0.1, 0.15) is 27.7 Å². The zero-order chi connectivity index (χ0) is 15.0. The summed E-state index contributed by atoms with van der Waals surface area (Å²) in [6.45, 7) is 10.0. The molecule has 1 saturated heterocycles. The lowest BCUT2D eigenvalue weighted by Crippen LogP contribution is -2.50.